The molecule has 0 aliphatic rings. The third kappa shape index (κ3) is 5.30. The van der Waals surface area contributed by atoms with Gasteiger partial charge >= 0.3 is 5.97 Å². The van der Waals surface area contributed by atoms with E-state index in [1.54, 1.807) is 6.92 Å². The summed E-state index contributed by atoms with van der Waals surface area (Å²) < 4.78 is 17.2. The minimum atomic E-state index is -0.283. The number of hydrogen-bond donors (Lipinski definition) is 2. The van der Waals surface area contributed by atoms with E-state index < -0.39 is 0 Å². The van der Waals surface area contributed by atoms with Gasteiger partial charge in [-0.15, -0.1) is 0 Å². The van der Waals surface area contributed by atoms with Crippen molar-refractivity contribution in [2.75, 3.05) is 6.61 Å². The average molecular weight is 460 g/mol. The largest absolute Gasteiger partial charge is 0.489 e. The van der Waals surface area contributed by atoms with Crippen LogP contribution in [-0.4, -0.2) is 17.7 Å². The van der Waals surface area contributed by atoms with Crippen LogP contribution in [0.25, 0.3) is 22.1 Å². The minimum absolute atomic E-state index is 0.154. The second-order valence-electron chi connectivity index (χ2n) is 8.22. The Morgan fingerprint density at radius 2 is 1.91 bits per heavy atom. The van der Waals surface area contributed by atoms with Gasteiger partial charge in [-0.1, -0.05) is 30.3 Å². The third-order valence-corrected chi connectivity index (χ3v) is 5.61. The fraction of sp³-hybridized carbons (Fsp3) is 0.250. The molecule has 0 unspecified atom stereocenters. The summed E-state index contributed by atoms with van der Waals surface area (Å²) in [5.41, 5.74) is 12.2. The number of furan rings is 1. The van der Waals surface area contributed by atoms with Gasteiger partial charge in [0.15, 0.2) is 0 Å². The van der Waals surface area contributed by atoms with Crippen molar-refractivity contribution in [3.05, 3.63) is 88.7 Å². The van der Waals surface area contributed by atoms with E-state index in [2.05, 4.69) is 0 Å². The Balaban J connectivity index is 1.68. The van der Waals surface area contributed by atoms with Crippen LogP contribution in [0.3, 0.4) is 0 Å². The topological polar surface area (TPSA) is 94.9 Å². The molecule has 0 saturated carbocycles. The number of carbonyl (C=O) groups is 1. The van der Waals surface area contributed by atoms with Crippen LogP contribution in [-0.2, 0) is 35.7 Å². The van der Waals surface area contributed by atoms with Crippen molar-refractivity contribution in [1.29, 1.82) is 0 Å². The van der Waals surface area contributed by atoms with Crippen molar-refractivity contribution >= 4 is 16.9 Å². The predicted octanol–water partition coefficient (Wildman–Crippen LogP) is 5.04. The summed E-state index contributed by atoms with van der Waals surface area (Å²) in [5, 5.41) is 10.5. The first kappa shape index (κ1) is 23.5. The molecule has 0 radical (unpaired) electrons. The standard InChI is InChI=1S/C28H29NO5/c1-3-32-27(31)14-22-8-7-18(2)9-26(22)33-17-20-11-23-13-24(16-30)34-28(23)25(12-20)21-6-4-5-19(10-21)15-29/h4-13,30H,3,14-17,29H2,1-2H3. The summed E-state index contributed by atoms with van der Waals surface area (Å²) in [6.07, 6.45) is 0.154. The lowest BCUT2D eigenvalue weighted by Crippen LogP contribution is -2.09. The van der Waals surface area contributed by atoms with Crippen molar-refractivity contribution in [1.82, 2.24) is 0 Å². The van der Waals surface area contributed by atoms with E-state index in [1.807, 2.05) is 67.6 Å². The molecule has 6 nitrogen and oxygen atoms in total. The van der Waals surface area contributed by atoms with Gasteiger partial charge in [-0.05, 0) is 66.4 Å². The number of rotatable bonds is 9. The molecule has 0 aliphatic heterocycles. The third-order valence-electron chi connectivity index (χ3n) is 5.61. The zero-order chi connectivity index (χ0) is 24.1. The lowest BCUT2D eigenvalue weighted by Gasteiger charge is -2.14. The molecule has 3 aromatic carbocycles. The number of aliphatic hydroxyl groups is 1. The Labute approximate surface area is 198 Å². The summed E-state index contributed by atoms with van der Waals surface area (Å²) in [6, 6.07) is 19.7. The summed E-state index contributed by atoms with van der Waals surface area (Å²) in [6.45, 7) is 4.69. The number of aryl methyl sites for hydroxylation is 1. The molecule has 4 aromatic rings. The molecule has 4 rings (SSSR count). The maximum absolute atomic E-state index is 12.0. The molecule has 0 spiro atoms. The quantitative estimate of drug-likeness (QED) is 0.340. The number of aliphatic hydroxyl groups excluding tert-OH is 1. The molecule has 0 amide bonds. The van der Waals surface area contributed by atoms with Gasteiger partial charge in [-0.3, -0.25) is 4.79 Å². The summed E-state index contributed by atoms with van der Waals surface area (Å²) >= 11 is 0. The molecular formula is C28H29NO5. The lowest BCUT2D eigenvalue weighted by molar-refractivity contribution is -0.142. The molecule has 3 N–H and O–H groups in total. The maximum Gasteiger partial charge on any atom is 0.310 e. The Morgan fingerprint density at radius 1 is 1.06 bits per heavy atom. The SMILES string of the molecule is CCOC(=O)Cc1ccc(C)cc1OCc1cc(-c2cccc(CN)c2)c2oc(CO)cc2c1. The van der Waals surface area contributed by atoms with Gasteiger partial charge in [0.2, 0.25) is 0 Å². The molecule has 176 valence electrons. The van der Waals surface area contributed by atoms with E-state index in [0.29, 0.717) is 36.9 Å². The van der Waals surface area contributed by atoms with E-state index in [0.717, 1.165) is 38.8 Å². The smallest absolute Gasteiger partial charge is 0.310 e. The van der Waals surface area contributed by atoms with E-state index in [4.69, 9.17) is 19.6 Å². The highest BCUT2D eigenvalue weighted by molar-refractivity contribution is 5.93. The highest BCUT2D eigenvalue weighted by Gasteiger charge is 2.15. The molecule has 1 heterocycles. The highest BCUT2D eigenvalue weighted by atomic mass is 16.5. The number of nitrogens with two attached hydrogens (primary N) is 1. The number of benzene rings is 3. The fourth-order valence-corrected chi connectivity index (χ4v) is 3.98. The van der Waals surface area contributed by atoms with Gasteiger partial charge in [-0.2, -0.15) is 0 Å². The van der Waals surface area contributed by atoms with E-state index in [-0.39, 0.29) is 19.0 Å². The van der Waals surface area contributed by atoms with Gasteiger partial charge in [0.1, 0.15) is 30.3 Å². The Morgan fingerprint density at radius 3 is 2.68 bits per heavy atom. The van der Waals surface area contributed by atoms with Crippen molar-refractivity contribution in [2.24, 2.45) is 5.73 Å². The minimum Gasteiger partial charge on any atom is -0.489 e. The Bertz CT molecular complexity index is 1310. The van der Waals surface area contributed by atoms with Gasteiger partial charge < -0.3 is 24.7 Å². The average Bonchev–Trinajstić information content (AvgIpc) is 3.27. The molecule has 0 saturated heterocycles. The van der Waals surface area contributed by atoms with Crippen LogP contribution in [0.1, 0.15) is 34.9 Å². The monoisotopic (exact) mass is 459 g/mol. The van der Waals surface area contributed by atoms with Crippen LogP contribution in [0.15, 0.2) is 65.1 Å². The van der Waals surface area contributed by atoms with Gasteiger partial charge in [0, 0.05) is 23.1 Å². The first-order valence-electron chi connectivity index (χ1n) is 11.3. The van der Waals surface area contributed by atoms with Gasteiger partial charge in [0.25, 0.3) is 0 Å². The first-order valence-corrected chi connectivity index (χ1v) is 11.3. The van der Waals surface area contributed by atoms with Crippen molar-refractivity contribution in [2.45, 2.75) is 40.0 Å². The molecule has 0 atom stereocenters. The molecular weight excluding hydrogens is 430 g/mol. The first-order chi connectivity index (χ1) is 16.5. The Kier molecular flexibility index (Phi) is 7.30. The Hall–Kier alpha value is -3.61. The predicted molar refractivity (Wildman–Crippen MR) is 131 cm³/mol. The molecule has 0 fully saturated rings. The molecule has 0 bridgehead atoms. The molecule has 1 aromatic heterocycles. The lowest BCUT2D eigenvalue weighted by atomic mass is 9.99. The van der Waals surface area contributed by atoms with Crippen LogP contribution in [0.5, 0.6) is 5.75 Å². The zero-order valence-electron chi connectivity index (χ0n) is 19.5. The summed E-state index contributed by atoms with van der Waals surface area (Å²) in [5.74, 6) is 0.873. The fourth-order valence-electron chi connectivity index (χ4n) is 3.98. The summed E-state index contributed by atoms with van der Waals surface area (Å²) in [7, 11) is 0. The van der Waals surface area contributed by atoms with Crippen LogP contribution >= 0.6 is 0 Å². The molecule has 0 aliphatic carbocycles. The van der Waals surface area contributed by atoms with Crippen molar-refractivity contribution < 1.29 is 23.8 Å². The molecule has 6 heteroatoms. The second kappa shape index (κ2) is 10.5. The van der Waals surface area contributed by atoms with Crippen molar-refractivity contribution in [3.63, 3.8) is 0 Å². The van der Waals surface area contributed by atoms with E-state index in [9.17, 15) is 9.90 Å². The normalized spacial score (nSPS) is 11.1. The van der Waals surface area contributed by atoms with Gasteiger partial charge in [-0.25, -0.2) is 0 Å². The van der Waals surface area contributed by atoms with Crippen LogP contribution < -0.4 is 10.5 Å². The van der Waals surface area contributed by atoms with Crippen LogP contribution in [0.2, 0.25) is 0 Å². The number of carbonyl (C=O) groups excluding carboxylic acids is 1. The number of hydrogen-bond acceptors (Lipinski definition) is 6. The van der Waals surface area contributed by atoms with E-state index >= 15 is 0 Å². The maximum atomic E-state index is 12.0. The summed E-state index contributed by atoms with van der Waals surface area (Å²) in [4.78, 5) is 12.0. The highest BCUT2D eigenvalue weighted by Crippen LogP contribution is 2.34. The van der Waals surface area contributed by atoms with E-state index in [1.165, 1.54) is 0 Å². The second-order valence-corrected chi connectivity index (χ2v) is 8.22. The van der Waals surface area contributed by atoms with Crippen LogP contribution in [0, 0.1) is 6.92 Å². The number of ether oxygens (including phenoxy) is 2. The number of fused-ring (bicyclic) bond motifs is 1. The number of esters is 1. The zero-order valence-corrected chi connectivity index (χ0v) is 19.5. The van der Waals surface area contributed by atoms with Crippen molar-refractivity contribution in [3.8, 4) is 16.9 Å². The molecule has 34 heavy (non-hydrogen) atoms. The van der Waals surface area contributed by atoms with Crippen LogP contribution in [0.4, 0.5) is 0 Å². The van der Waals surface area contributed by atoms with Gasteiger partial charge in [0.05, 0.1) is 13.0 Å².